The minimum Gasteiger partial charge on any atom is -0.462 e. The Labute approximate surface area is 77.8 Å². The van der Waals surface area contributed by atoms with E-state index in [0.29, 0.717) is 13.0 Å². The smallest absolute Gasteiger partial charge is 0.302 e. The lowest BCUT2D eigenvalue weighted by atomic mass is 9.96. The number of esters is 1. The van der Waals surface area contributed by atoms with Crippen LogP contribution in [0, 0.1) is 5.92 Å². The van der Waals surface area contributed by atoms with Crippen molar-refractivity contribution < 1.29 is 19.4 Å². The standard InChI is InChI=1S/C9H16O4/c1-6-3-9(13-7(2)11)8(4-10)5-12-6/h6,8-10H,3-5H2,1-2H3. The summed E-state index contributed by atoms with van der Waals surface area (Å²) in [4.78, 5) is 10.7. The molecule has 4 nitrogen and oxygen atoms in total. The van der Waals surface area contributed by atoms with Crippen molar-refractivity contribution in [3.8, 4) is 0 Å². The van der Waals surface area contributed by atoms with Gasteiger partial charge >= 0.3 is 5.97 Å². The number of hydrogen-bond acceptors (Lipinski definition) is 4. The molecule has 0 saturated carbocycles. The molecule has 1 saturated heterocycles. The van der Waals surface area contributed by atoms with E-state index in [4.69, 9.17) is 14.6 Å². The van der Waals surface area contributed by atoms with Crippen molar-refractivity contribution in [1.29, 1.82) is 0 Å². The predicted molar refractivity (Wildman–Crippen MR) is 46.2 cm³/mol. The summed E-state index contributed by atoms with van der Waals surface area (Å²) in [6, 6.07) is 0. The van der Waals surface area contributed by atoms with Gasteiger partial charge in [-0.25, -0.2) is 0 Å². The molecule has 1 aliphatic rings. The van der Waals surface area contributed by atoms with Crippen LogP contribution in [0.25, 0.3) is 0 Å². The normalized spacial score (nSPS) is 34.2. The number of carbonyl (C=O) groups excluding carboxylic acids is 1. The first-order valence-corrected chi connectivity index (χ1v) is 4.53. The van der Waals surface area contributed by atoms with Crippen LogP contribution in [0.2, 0.25) is 0 Å². The topological polar surface area (TPSA) is 55.8 Å². The third kappa shape index (κ3) is 2.97. The van der Waals surface area contributed by atoms with E-state index in [0.717, 1.165) is 0 Å². The van der Waals surface area contributed by atoms with Crippen LogP contribution in [0.5, 0.6) is 0 Å². The summed E-state index contributed by atoms with van der Waals surface area (Å²) >= 11 is 0. The van der Waals surface area contributed by atoms with Crippen molar-refractivity contribution in [3.63, 3.8) is 0 Å². The quantitative estimate of drug-likeness (QED) is 0.635. The van der Waals surface area contributed by atoms with E-state index in [-0.39, 0.29) is 30.7 Å². The van der Waals surface area contributed by atoms with Crippen molar-refractivity contribution in [3.05, 3.63) is 0 Å². The van der Waals surface area contributed by atoms with E-state index in [1.54, 1.807) is 0 Å². The van der Waals surface area contributed by atoms with Crippen LogP contribution in [0.15, 0.2) is 0 Å². The van der Waals surface area contributed by atoms with E-state index < -0.39 is 0 Å². The zero-order valence-electron chi connectivity index (χ0n) is 8.03. The van der Waals surface area contributed by atoms with Gasteiger partial charge in [0.1, 0.15) is 6.10 Å². The molecule has 13 heavy (non-hydrogen) atoms. The Kier molecular flexibility index (Phi) is 3.69. The summed E-state index contributed by atoms with van der Waals surface area (Å²) in [5.74, 6) is -0.363. The molecule has 1 fully saturated rings. The van der Waals surface area contributed by atoms with Gasteiger partial charge in [-0.2, -0.15) is 0 Å². The Hall–Kier alpha value is -0.610. The zero-order chi connectivity index (χ0) is 9.84. The molecule has 1 heterocycles. The third-order valence-corrected chi connectivity index (χ3v) is 2.24. The molecule has 1 N–H and O–H groups in total. The van der Waals surface area contributed by atoms with Crippen molar-refractivity contribution in [2.75, 3.05) is 13.2 Å². The van der Waals surface area contributed by atoms with E-state index in [9.17, 15) is 4.79 Å². The van der Waals surface area contributed by atoms with Gasteiger partial charge in [0.15, 0.2) is 0 Å². The van der Waals surface area contributed by atoms with Crippen molar-refractivity contribution in [2.24, 2.45) is 5.92 Å². The minimum atomic E-state index is -0.294. The molecule has 0 aliphatic carbocycles. The molecule has 0 radical (unpaired) electrons. The van der Waals surface area contributed by atoms with Crippen LogP contribution in [0.4, 0.5) is 0 Å². The minimum absolute atomic E-state index is 0.00463. The van der Waals surface area contributed by atoms with Gasteiger partial charge in [-0.05, 0) is 6.92 Å². The van der Waals surface area contributed by atoms with E-state index >= 15 is 0 Å². The largest absolute Gasteiger partial charge is 0.462 e. The molecule has 0 aromatic carbocycles. The van der Waals surface area contributed by atoms with Gasteiger partial charge in [0.2, 0.25) is 0 Å². The number of aliphatic hydroxyl groups is 1. The fourth-order valence-electron chi connectivity index (χ4n) is 1.51. The Balaban J connectivity index is 2.49. The Bertz CT molecular complexity index is 180. The van der Waals surface area contributed by atoms with Crippen LogP contribution >= 0.6 is 0 Å². The number of rotatable bonds is 2. The molecule has 0 spiro atoms. The molecule has 0 bridgehead atoms. The Morgan fingerprint density at radius 2 is 2.38 bits per heavy atom. The molecule has 0 aromatic rings. The molecule has 1 rings (SSSR count). The highest BCUT2D eigenvalue weighted by atomic mass is 16.6. The highest BCUT2D eigenvalue weighted by Crippen LogP contribution is 2.22. The summed E-state index contributed by atoms with van der Waals surface area (Å²) in [6.07, 6.45) is 0.587. The lowest BCUT2D eigenvalue weighted by Crippen LogP contribution is -2.40. The van der Waals surface area contributed by atoms with Crippen molar-refractivity contribution in [1.82, 2.24) is 0 Å². The SMILES string of the molecule is CC(=O)OC1CC(C)OCC1CO. The first-order chi connectivity index (χ1) is 6.13. The Morgan fingerprint density at radius 1 is 1.69 bits per heavy atom. The molecule has 76 valence electrons. The summed E-state index contributed by atoms with van der Waals surface area (Å²) in [6.45, 7) is 3.79. The Morgan fingerprint density at radius 3 is 2.92 bits per heavy atom. The van der Waals surface area contributed by atoms with E-state index in [2.05, 4.69) is 0 Å². The molecule has 0 aromatic heterocycles. The number of aliphatic hydroxyl groups excluding tert-OH is 1. The van der Waals surface area contributed by atoms with Gasteiger partial charge in [0, 0.05) is 19.3 Å². The maximum Gasteiger partial charge on any atom is 0.302 e. The summed E-state index contributed by atoms with van der Waals surface area (Å²) in [5, 5.41) is 8.99. The maximum absolute atomic E-state index is 10.7. The summed E-state index contributed by atoms with van der Waals surface area (Å²) in [5.41, 5.74) is 0. The third-order valence-electron chi connectivity index (χ3n) is 2.24. The van der Waals surface area contributed by atoms with Gasteiger partial charge < -0.3 is 14.6 Å². The number of ether oxygens (including phenoxy) is 2. The van der Waals surface area contributed by atoms with Crippen LogP contribution in [0.1, 0.15) is 20.3 Å². The maximum atomic E-state index is 10.7. The second kappa shape index (κ2) is 4.58. The van der Waals surface area contributed by atoms with Gasteiger partial charge in [-0.3, -0.25) is 4.79 Å². The first-order valence-electron chi connectivity index (χ1n) is 4.53. The average molecular weight is 188 g/mol. The molecule has 3 unspecified atom stereocenters. The van der Waals surface area contributed by atoms with Crippen molar-refractivity contribution in [2.45, 2.75) is 32.5 Å². The van der Waals surface area contributed by atoms with Gasteiger partial charge in [-0.15, -0.1) is 0 Å². The number of hydrogen-bond donors (Lipinski definition) is 1. The van der Waals surface area contributed by atoms with Crippen LogP contribution in [0.3, 0.4) is 0 Å². The van der Waals surface area contributed by atoms with E-state index in [1.165, 1.54) is 6.92 Å². The zero-order valence-corrected chi connectivity index (χ0v) is 8.03. The average Bonchev–Trinajstić information content (AvgIpc) is 2.03. The van der Waals surface area contributed by atoms with Crippen LogP contribution in [-0.2, 0) is 14.3 Å². The predicted octanol–water partition coefficient (Wildman–Crippen LogP) is 0.335. The summed E-state index contributed by atoms with van der Waals surface area (Å²) in [7, 11) is 0. The molecule has 0 amide bonds. The fourth-order valence-corrected chi connectivity index (χ4v) is 1.51. The molecular weight excluding hydrogens is 172 g/mol. The van der Waals surface area contributed by atoms with Crippen LogP contribution < -0.4 is 0 Å². The lowest BCUT2D eigenvalue weighted by molar-refractivity contribution is -0.162. The second-order valence-electron chi connectivity index (χ2n) is 3.47. The molecule has 1 aliphatic heterocycles. The van der Waals surface area contributed by atoms with E-state index in [1.807, 2.05) is 6.92 Å². The first kappa shape index (κ1) is 10.5. The molecule has 4 heteroatoms. The second-order valence-corrected chi connectivity index (χ2v) is 3.47. The van der Waals surface area contributed by atoms with Crippen molar-refractivity contribution >= 4 is 5.97 Å². The molecular formula is C9H16O4. The molecule has 3 atom stereocenters. The highest BCUT2D eigenvalue weighted by Gasteiger charge is 2.30. The highest BCUT2D eigenvalue weighted by molar-refractivity contribution is 5.66. The summed E-state index contributed by atoms with van der Waals surface area (Å²) < 4.78 is 10.4. The van der Waals surface area contributed by atoms with Crippen LogP contribution in [-0.4, -0.2) is 36.5 Å². The fraction of sp³-hybridized carbons (Fsp3) is 0.889. The van der Waals surface area contributed by atoms with Gasteiger partial charge in [0.25, 0.3) is 0 Å². The monoisotopic (exact) mass is 188 g/mol. The number of carbonyl (C=O) groups is 1. The lowest BCUT2D eigenvalue weighted by Gasteiger charge is -2.33. The van der Waals surface area contributed by atoms with Gasteiger partial charge in [0.05, 0.1) is 19.3 Å². The van der Waals surface area contributed by atoms with Gasteiger partial charge in [-0.1, -0.05) is 0 Å².